The third-order valence-electron chi connectivity index (χ3n) is 6.15. The molecule has 2 aromatic heterocycles. The molecule has 9 nitrogen and oxygen atoms in total. The number of pyridine rings is 1. The standard InChI is InChI=1S/C19H20F4N6O3S/c20-17(21)32-14-3-10(6-25-16(14)24)13-5-15(29-7-12-4-11(29)8-33(12,30)31)27-18(26-13)28-2-1-19(22,23)9-28/h3,5-6,11-12,17H,1-2,4,7-9H2,(H2,24,25)/t11-,12-/m0/s1. The smallest absolute Gasteiger partial charge is 0.387 e. The van der Waals surface area contributed by atoms with E-state index in [0.29, 0.717) is 12.2 Å². The summed E-state index contributed by atoms with van der Waals surface area (Å²) >= 11 is 0. The summed E-state index contributed by atoms with van der Waals surface area (Å²) in [6, 6.07) is 2.52. The number of halogens is 4. The Labute approximate surface area is 186 Å². The molecule has 3 saturated heterocycles. The quantitative estimate of drug-likeness (QED) is 0.631. The number of nitrogens with two attached hydrogens (primary N) is 1. The van der Waals surface area contributed by atoms with Gasteiger partial charge in [0.15, 0.2) is 21.4 Å². The molecule has 2 N–H and O–H groups in total. The minimum Gasteiger partial charge on any atom is -0.431 e. The fraction of sp³-hybridized carbons (Fsp3) is 0.526. The normalized spacial score (nSPS) is 25.2. The van der Waals surface area contributed by atoms with Crippen molar-refractivity contribution >= 4 is 27.4 Å². The van der Waals surface area contributed by atoms with E-state index in [1.165, 1.54) is 17.2 Å². The molecule has 0 aromatic carbocycles. The van der Waals surface area contributed by atoms with Gasteiger partial charge in [0.25, 0.3) is 5.92 Å². The fourth-order valence-corrected chi connectivity index (χ4v) is 6.55. The fourth-order valence-electron chi connectivity index (χ4n) is 4.53. The molecule has 5 heterocycles. The number of aromatic nitrogens is 3. The van der Waals surface area contributed by atoms with Gasteiger partial charge in [-0.25, -0.2) is 27.2 Å². The van der Waals surface area contributed by atoms with Gasteiger partial charge in [0.2, 0.25) is 5.95 Å². The molecule has 14 heteroatoms. The molecule has 0 saturated carbocycles. The highest BCUT2D eigenvalue weighted by Gasteiger charge is 2.49. The summed E-state index contributed by atoms with van der Waals surface area (Å²) in [5.74, 6) is -3.07. The van der Waals surface area contributed by atoms with Crippen molar-refractivity contribution in [1.82, 2.24) is 15.0 Å². The number of nitrogens with zero attached hydrogens (tertiary/aromatic N) is 5. The van der Waals surface area contributed by atoms with Gasteiger partial charge in [-0.15, -0.1) is 0 Å². The van der Waals surface area contributed by atoms with E-state index in [0.717, 1.165) is 0 Å². The lowest BCUT2D eigenvalue weighted by Crippen LogP contribution is -2.41. The molecule has 0 radical (unpaired) electrons. The Morgan fingerprint density at radius 3 is 2.64 bits per heavy atom. The zero-order chi connectivity index (χ0) is 23.5. The Morgan fingerprint density at radius 2 is 2.03 bits per heavy atom. The first-order valence-electron chi connectivity index (χ1n) is 10.2. The number of nitrogen functional groups attached to an aromatic ring is 1. The van der Waals surface area contributed by atoms with Gasteiger partial charge >= 0.3 is 6.61 Å². The van der Waals surface area contributed by atoms with Crippen molar-refractivity contribution in [2.45, 2.75) is 36.7 Å². The Bertz CT molecular complexity index is 1200. The van der Waals surface area contributed by atoms with E-state index < -0.39 is 34.2 Å². The second kappa shape index (κ2) is 7.57. The van der Waals surface area contributed by atoms with Crippen LogP contribution in [0.15, 0.2) is 18.3 Å². The van der Waals surface area contributed by atoms with Crippen LogP contribution in [0.3, 0.4) is 0 Å². The van der Waals surface area contributed by atoms with E-state index >= 15 is 0 Å². The predicted molar refractivity (Wildman–Crippen MR) is 111 cm³/mol. The van der Waals surface area contributed by atoms with Crippen LogP contribution < -0.4 is 20.3 Å². The number of fused-ring (bicyclic) bond motifs is 2. The summed E-state index contributed by atoms with van der Waals surface area (Å²) in [6.45, 7) is -3.40. The van der Waals surface area contributed by atoms with Gasteiger partial charge in [-0.1, -0.05) is 0 Å². The van der Waals surface area contributed by atoms with Crippen LogP contribution in [-0.4, -0.2) is 72.6 Å². The zero-order valence-electron chi connectivity index (χ0n) is 17.2. The first-order valence-corrected chi connectivity index (χ1v) is 11.9. The predicted octanol–water partition coefficient (Wildman–Crippen LogP) is 1.94. The summed E-state index contributed by atoms with van der Waals surface area (Å²) in [5.41, 5.74) is 6.12. The van der Waals surface area contributed by atoms with Crippen LogP contribution in [0.5, 0.6) is 5.75 Å². The molecule has 178 valence electrons. The molecular formula is C19H20F4N6O3S. The summed E-state index contributed by atoms with van der Waals surface area (Å²) in [4.78, 5) is 15.9. The monoisotopic (exact) mass is 488 g/mol. The van der Waals surface area contributed by atoms with E-state index in [1.54, 1.807) is 6.07 Å². The highest BCUT2D eigenvalue weighted by molar-refractivity contribution is 7.92. The molecule has 3 aliphatic heterocycles. The van der Waals surface area contributed by atoms with Crippen LogP contribution in [0.4, 0.5) is 35.1 Å². The molecule has 2 bridgehead atoms. The maximum absolute atomic E-state index is 13.8. The number of sulfone groups is 1. The second-order valence-electron chi connectivity index (χ2n) is 8.42. The molecule has 0 aliphatic carbocycles. The van der Waals surface area contributed by atoms with Gasteiger partial charge in [0, 0.05) is 43.4 Å². The summed E-state index contributed by atoms with van der Waals surface area (Å²) < 4.78 is 81.9. The Hall–Kier alpha value is -2.90. The Balaban J connectivity index is 1.56. The molecule has 2 aromatic rings. The number of anilines is 3. The Kier molecular flexibility index (Phi) is 5.03. The molecule has 0 spiro atoms. The van der Waals surface area contributed by atoms with Gasteiger partial charge in [-0.2, -0.15) is 13.8 Å². The summed E-state index contributed by atoms with van der Waals surface area (Å²) in [7, 11) is -3.16. The number of hydrogen-bond acceptors (Lipinski definition) is 9. The number of hydrogen-bond donors (Lipinski definition) is 1. The number of ether oxygens (including phenoxy) is 1. The van der Waals surface area contributed by atoms with Crippen LogP contribution in [-0.2, 0) is 9.84 Å². The highest BCUT2D eigenvalue weighted by Crippen LogP contribution is 2.38. The van der Waals surface area contributed by atoms with Crippen molar-refractivity contribution in [2.24, 2.45) is 0 Å². The second-order valence-corrected chi connectivity index (χ2v) is 10.7. The first-order chi connectivity index (χ1) is 15.5. The van der Waals surface area contributed by atoms with E-state index in [1.807, 2.05) is 4.90 Å². The third-order valence-corrected chi connectivity index (χ3v) is 8.36. The highest BCUT2D eigenvalue weighted by atomic mass is 32.2. The van der Waals surface area contributed by atoms with Crippen LogP contribution in [0.1, 0.15) is 12.8 Å². The lowest BCUT2D eigenvalue weighted by atomic mass is 10.2. The minimum atomic E-state index is -3.16. The van der Waals surface area contributed by atoms with Gasteiger partial charge in [-0.05, 0) is 12.5 Å². The van der Waals surface area contributed by atoms with Gasteiger partial charge in [-0.3, -0.25) is 0 Å². The first kappa shape index (κ1) is 21.9. The molecule has 3 aliphatic rings. The largest absolute Gasteiger partial charge is 0.431 e. The number of alkyl halides is 4. The van der Waals surface area contributed by atoms with Gasteiger partial charge in [0.1, 0.15) is 5.82 Å². The van der Waals surface area contributed by atoms with Gasteiger partial charge in [0.05, 0.1) is 23.2 Å². The minimum absolute atomic E-state index is 0.01000. The van der Waals surface area contributed by atoms with Crippen molar-refractivity contribution in [3.63, 3.8) is 0 Å². The van der Waals surface area contributed by atoms with E-state index in [2.05, 4.69) is 19.7 Å². The van der Waals surface area contributed by atoms with Crippen molar-refractivity contribution in [3.05, 3.63) is 18.3 Å². The Morgan fingerprint density at radius 1 is 1.24 bits per heavy atom. The van der Waals surface area contributed by atoms with E-state index in [9.17, 15) is 26.0 Å². The topological polar surface area (TPSA) is 115 Å². The van der Waals surface area contributed by atoms with E-state index in [-0.39, 0.29) is 60.1 Å². The molecule has 3 fully saturated rings. The number of rotatable bonds is 5. The lowest BCUT2D eigenvalue weighted by molar-refractivity contribution is -0.0494. The van der Waals surface area contributed by atoms with Crippen LogP contribution in [0, 0.1) is 0 Å². The average Bonchev–Trinajstić information content (AvgIpc) is 3.40. The third kappa shape index (κ3) is 4.11. The van der Waals surface area contributed by atoms with Crippen molar-refractivity contribution in [1.29, 1.82) is 0 Å². The summed E-state index contributed by atoms with van der Waals surface area (Å²) in [6.07, 6.45) is 1.43. The molecule has 0 unspecified atom stereocenters. The SMILES string of the molecule is Nc1ncc(-c2cc(N3C[C@@H]4C[C@H]3CS4(=O)=O)nc(N3CCC(F)(F)C3)n2)cc1OC(F)F. The van der Waals surface area contributed by atoms with Crippen LogP contribution in [0.2, 0.25) is 0 Å². The van der Waals surface area contributed by atoms with Crippen LogP contribution in [0.25, 0.3) is 11.3 Å². The average molecular weight is 488 g/mol. The zero-order valence-corrected chi connectivity index (χ0v) is 18.0. The summed E-state index contributed by atoms with van der Waals surface area (Å²) in [5, 5.41) is -0.510. The molecule has 2 atom stereocenters. The lowest BCUT2D eigenvalue weighted by Gasteiger charge is -2.29. The maximum Gasteiger partial charge on any atom is 0.387 e. The molecular weight excluding hydrogens is 468 g/mol. The van der Waals surface area contributed by atoms with Crippen molar-refractivity contribution < 1.29 is 30.7 Å². The molecule has 0 amide bonds. The van der Waals surface area contributed by atoms with Gasteiger partial charge < -0.3 is 20.3 Å². The van der Waals surface area contributed by atoms with Crippen molar-refractivity contribution in [2.75, 3.05) is 40.9 Å². The van der Waals surface area contributed by atoms with Crippen molar-refractivity contribution in [3.8, 4) is 17.0 Å². The molecule has 33 heavy (non-hydrogen) atoms. The van der Waals surface area contributed by atoms with Crippen LogP contribution >= 0.6 is 0 Å². The maximum atomic E-state index is 13.8. The van der Waals surface area contributed by atoms with E-state index in [4.69, 9.17) is 5.73 Å². The molecule has 5 rings (SSSR count).